The van der Waals surface area contributed by atoms with Gasteiger partial charge in [0, 0.05) is 36.6 Å². The number of non-ortho nitro benzene ring substituents is 1. The maximum absolute atomic E-state index is 10.9. The molecule has 2 aromatic carbocycles. The fourth-order valence-corrected chi connectivity index (χ4v) is 3.94. The van der Waals surface area contributed by atoms with Crippen LogP contribution in [0, 0.1) is 10.1 Å². The molecule has 1 unspecified atom stereocenters. The Morgan fingerprint density at radius 1 is 0.958 bits per heavy atom. The monoisotopic (exact) mass is 323 g/mol. The van der Waals surface area contributed by atoms with Crippen LogP contribution in [0.3, 0.4) is 0 Å². The van der Waals surface area contributed by atoms with E-state index in [2.05, 4.69) is 34.1 Å². The van der Waals surface area contributed by atoms with Crippen molar-refractivity contribution in [3.05, 3.63) is 64.2 Å². The number of hydrogen-bond acceptors (Lipinski definition) is 4. The molecule has 0 spiro atoms. The Morgan fingerprint density at radius 3 is 2.54 bits per heavy atom. The van der Waals surface area contributed by atoms with Crippen LogP contribution < -0.4 is 9.80 Å². The third kappa shape index (κ3) is 2.60. The molecule has 4 rings (SSSR count). The van der Waals surface area contributed by atoms with E-state index in [1.54, 1.807) is 12.1 Å². The molecule has 0 saturated carbocycles. The van der Waals surface area contributed by atoms with Gasteiger partial charge in [0.1, 0.15) is 6.17 Å². The van der Waals surface area contributed by atoms with Gasteiger partial charge in [-0.3, -0.25) is 10.1 Å². The molecule has 0 aliphatic carbocycles. The van der Waals surface area contributed by atoms with Gasteiger partial charge in [-0.1, -0.05) is 24.6 Å². The second kappa shape index (κ2) is 6.15. The number of hydrogen-bond donors (Lipinski definition) is 0. The highest BCUT2D eigenvalue weighted by Crippen LogP contribution is 2.37. The molecule has 0 bridgehead atoms. The van der Waals surface area contributed by atoms with Crippen LogP contribution in [-0.2, 0) is 6.54 Å². The van der Waals surface area contributed by atoms with Crippen molar-refractivity contribution in [1.82, 2.24) is 0 Å². The Balaban J connectivity index is 1.73. The number of nitro benzene ring substituents is 1. The summed E-state index contributed by atoms with van der Waals surface area (Å²) in [6.07, 6.45) is 5.18. The normalized spacial score (nSPS) is 20.1. The van der Waals surface area contributed by atoms with E-state index >= 15 is 0 Å². The van der Waals surface area contributed by atoms with Crippen molar-refractivity contribution in [1.29, 1.82) is 0 Å². The number of fused-ring (bicyclic) bond motifs is 3. The van der Waals surface area contributed by atoms with Gasteiger partial charge in [0.15, 0.2) is 0 Å². The molecule has 1 saturated heterocycles. The highest BCUT2D eigenvalue weighted by Gasteiger charge is 2.33. The fourth-order valence-electron chi connectivity index (χ4n) is 3.94. The van der Waals surface area contributed by atoms with Gasteiger partial charge >= 0.3 is 0 Å². The SMILES string of the molecule is O=[N+]([O-])c1ccc(N2Cc3ccccc3N3CCCCCC23)cc1. The molecule has 1 fully saturated rings. The van der Waals surface area contributed by atoms with Gasteiger partial charge < -0.3 is 9.80 Å². The Kier molecular flexibility index (Phi) is 3.84. The number of benzene rings is 2. The summed E-state index contributed by atoms with van der Waals surface area (Å²) >= 11 is 0. The predicted octanol–water partition coefficient (Wildman–Crippen LogP) is 4.32. The van der Waals surface area contributed by atoms with E-state index in [-0.39, 0.29) is 10.6 Å². The van der Waals surface area contributed by atoms with E-state index in [4.69, 9.17) is 0 Å². The zero-order valence-electron chi connectivity index (χ0n) is 13.6. The molecular weight excluding hydrogens is 302 g/mol. The lowest BCUT2D eigenvalue weighted by Crippen LogP contribution is -2.51. The van der Waals surface area contributed by atoms with Gasteiger partial charge in [-0.2, -0.15) is 0 Å². The van der Waals surface area contributed by atoms with Gasteiger partial charge in [0.25, 0.3) is 5.69 Å². The number of rotatable bonds is 2. The van der Waals surface area contributed by atoms with Crippen LogP contribution in [0.2, 0.25) is 0 Å². The first-order chi connectivity index (χ1) is 11.7. The first kappa shape index (κ1) is 15.0. The molecule has 124 valence electrons. The lowest BCUT2D eigenvalue weighted by Gasteiger charge is -2.46. The summed E-state index contributed by atoms with van der Waals surface area (Å²) in [4.78, 5) is 15.5. The predicted molar refractivity (Wildman–Crippen MR) is 95.3 cm³/mol. The minimum Gasteiger partial charge on any atom is -0.351 e. The summed E-state index contributed by atoms with van der Waals surface area (Å²) in [7, 11) is 0. The van der Waals surface area contributed by atoms with Crippen molar-refractivity contribution in [2.75, 3.05) is 16.3 Å². The first-order valence-corrected chi connectivity index (χ1v) is 8.60. The van der Waals surface area contributed by atoms with E-state index in [1.165, 1.54) is 30.5 Å². The zero-order valence-corrected chi connectivity index (χ0v) is 13.6. The fraction of sp³-hybridized carbons (Fsp3) is 0.368. The molecule has 5 nitrogen and oxygen atoms in total. The van der Waals surface area contributed by atoms with Gasteiger partial charge in [-0.15, -0.1) is 0 Å². The summed E-state index contributed by atoms with van der Waals surface area (Å²) in [5.41, 5.74) is 3.89. The summed E-state index contributed by atoms with van der Waals surface area (Å²) in [6.45, 7) is 1.93. The van der Waals surface area contributed by atoms with Crippen molar-refractivity contribution >= 4 is 17.1 Å². The summed E-state index contributed by atoms with van der Waals surface area (Å²) in [5, 5.41) is 10.9. The maximum atomic E-state index is 10.9. The summed E-state index contributed by atoms with van der Waals surface area (Å²) in [5.74, 6) is 0. The first-order valence-electron chi connectivity index (χ1n) is 8.60. The molecule has 0 aromatic heterocycles. The topological polar surface area (TPSA) is 49.6 Å². The van der Waals surface area contributed by atoms with Crippen LogP contribution in [0.5, 0.6) is 0 Å². The second-order valence-electron chi connectivity index (χ2n) is 6.55. The number of nitro groups is 1. The minimum absolute atomic E-state index is 0.147. The molecule has 0 N–H and O–H groups in total. The number of anilines is 2. The van der Waals surface area contributed by atoms with Crippen LogP contribution >= 0.6 is 0 Å². The highest BCUT2D eigenvalue weighted by atomic mass is 16.6. The van der Waals surface area contributed by atoms with E-state index in [9.17, 15) is 10.1 Å². The smallest absolute Gasteiger partial charge is 0.269 e. The third-order valence-corrected chi connectivity index (χ3v) is 5.11. The lowest BCUT2D eigenvalue weighted by molar-refractivity contribution is -0.384. The van der Waals surface area contributed by atoms with Gasteiger partial charge in [0.2, 0.25) is 0 Å². The van der Waals surface area contributed by atoms with E-state index in [0.717, 1.165) is 25.2 Å². The van der Waals surface area contributed by atoms with Crippen molar-refractivity contribution in [2.45, 2.75) is 38.4 Å². The van der Waals surface area contributed by atoms with E-state index in [1.807, 2.05) is 12.1 Å². The average molecular weight is 323 g/mol. The van der Waals surface area contributed by atoms with E-state index < -0.39 is 0 Å². The molecule has 2 aliphatic rings. The van der Waals surface area contributed by atoms with Crippen molar-refractivity contribution in [3.8, 4) is 0 Å². The Hall–Kier alpha value is -2.56. The van der Waals surface area contributed by atoms with Crippen LogP contribution in [0.25, 0.3) is 0 Å². The van der Waals surface area contributed by atoms with Gasteiger partial charge in [-0.05, 0) is 43.0 Å². The van der Waals surface area contributed by atoms with Crippen molar-refractivity contribution < 1.29 is 4.92 Å². The van der Waals surface area contributed by atoms with Crippen molar-refractivity contribution in [2.24, 2.45) is 0 Å². The quantitative estimate of drug-likeness (QED) is 0.610. The highest BCUT2D eigenvalue weighted by molar-refractivity contribution is 5.63. The molecule has 1 atom stereocenters. The van der Waals surface area contributed by atoms with Crippen molar-refractivity contribution in [3.63, 3.8) is 0 Å². The largest absolute Gasteiger partial charge is 0.351 e. The number of nitrogens with zero attached hydrogens (tertiary/aromatic N) is 3. The molecule has 2 heterocycles. The van der Waals surface area contributed by atoms with Crippen LogP contribution in [0.1, 0.15) is 31.2 Å². The van der Waals surface area contributed by atoms with E-state index in [0.29, 0.717) is 6.17 Å². The average Bonchev–Trinajstić information content (AvgIpc) is 2.87. The molecule has 0 amide bonds. The second-order valence-corrected chi connectivity index (χ2v) is 6.55. The molecule has 2 aromatic rings. The summed E-state index contributed by atoms with van der Waals surface area (Å²) in [6, 6.07) is 15.6. The Morgan fingerprint density at radius 2 is 1.75 bits per heavy atom. The van der Waals surface area contributed by atoms with Crippen LogP contribution in [-0.4, -0.2) is 17.6 Å². The van der Waals surface area contributed by atoms with Gasteiger partial charge in [0.05, 0.1) is 4.92 Å². The van der Waals surface area contributed by atoms with Crippen LogP contribution in [0.15, 0.2) is 48.5 Å². The third-order valence-electron chi connectivity index (χ3n) is 5.11. The minimum atomic E-state index is -0.340. The maximum Gasteiger partial charge on any atom is 0.269 e. The molecular formula is C19H21N3O2. The Labute approximate surface area is 141 Å². The lowest BCUT2D eigenvalue weighted by atomic mass is 10.0. The molecule has 5 heteroatoms. The van der Waals surface area contributed by atoms with Crippen LogP contribution in [0.4, 0.5) is 17.1 Å². The van der Waals surface area contributed by atoms with Gasteiger partial charge in [-0.25, -0.2) is 0 Å². The summed E-state index contributed by atoms with van der Waals surface area (Å²) < 4.78 is 0. The zero-order chi connectivity index (χ0) is 16.5. The molecule has 0 radical (unpaired) electrons. The standard InChI is InChI=1S/C19H21N3O2/c23-22(24)17-11-9-16(10-12-17)21-14-15-6-3-4-7-18(15)20-13-5-1-2-8-19(20)21/h3-4,6-7,9-12,19H,1-2,5,8,13-14H2. The number of para-hydroxylation sites is 1. The molecule has 24 heavy (non-hydrogen) atoms. The Bertz CT molecular complexity index is 745. The molecule has 2 aliphatic heterocycles.